The molecule has 0 unspecified atom stereocenters. The van der Waals surface area contributed by atoms with E-state index in [0.717, 1.165) is 5.56 Å². The van der Waals surface area contributed by atoms with Gasteiger partial charge in [-0.25, -0.2) is 4.79 Å². The second-order valence-electron chi connectivity index (χ2n) is 4.80. The van der Waals surface area contributed by atoms with Crippen LogP contribution in [0, 0.1) is 5.41 Å². The topological polar surface area (TPSA) is 61.5 Å². The summed E-state index contributed by atoms with van der Waals surface area (Å²) in [6, 6.07) is 8.52. The van der Waals surface area contributed by atoms with Crippen molar-refractivity contribution in [1.29, 1.82) is 0 Å². The summed E-state index contributed by atoms with van der Waals surface area (Å²) in [5.41, 5.74) is 6.56. The fourth-order valence-electron chi connectivity index (χ4n) is 1.67. The van der Waals surface area contributed by atoms with Crippen LogP contribution in [0.4, 0.5) is 0 Å². The third-order valence-corrected chi connectivity index (χ3v) is 2.88. The average Bonchev–Trinajstić information content (AvgIpc) is 2.33. The molecule has 1 saturated heterocycles. The van der Waals surface area contributed by atoms with E-state index in [9.17, 15) is 4.79 Å². The molecular weight excluding hydrogens is 218 g/mol. The van der Waals surface area contributed by atoms with Gasteiger partial charge in [0.15, 0.2) is 0 Å². The van der Waals surface area contributed by atoms with Gasteiger partial charge in [0.25, 0.3) is 0 Å². The molecule has 1 fully saturated rings. The second-order valence-corrected chi connectivity index (χ2v) is 4.80. The van der Waals surface area contributed by atoms with E-state index >= 15 is 0 Å². The fourth-order valence-corrected chi connectivity index (χ4v) is 1.67. The standard InChI is InChI=1S/C13H17NO3/c1-13(7-16-8-13)9-17-12(15)11(14)10-5-3-2-4-6-10/h2-6,11H,7-9,14H2,1H3/t11-/m1/s1. The zero-order chi connectivity index (χ0) is 12.3. The summed E-state index contributed by atoms with van der Waals surface area (Å²) < 4.78 is 10.3. The number of hydrogen-bond acceptors (Lipinski definition) is 4. The van der Waals surface area contributed by atoms with Gasteiger partial charge in [-0.15, -0.1) is 0 Å². The van der Waals surface area contributed by atoms with Crippen molar-refractivity contribution in [2.75, 3.05) is 19.8 Å². The molecule has 0 saturated carbocycles. The van der Waals surface area contributed by atoms with Gasteiger partial charge in [-0.05, 0) is 5.56 Å². The Labute approximate surface area is 101 Å². The van der Waals surface area contributed by atoms with Crippen LogP contribution in [0.2, 0.25) is 0 Å². The Morgan fingerprint density at radius 3 is 2.65 bits per heavy atom. The van der Waals surface area contributed by atoms with Gasteiger partial charge in [0.05, 0.1) is 13.2 Å². The summed E-state index contributed by atoms with van der Waals surface area (Å²) in [4.78, 5) is 11.7. The molecule has 0 spiro atoms. The van der Waals surface area contributed by atoms with Crippen LogP contribution in [0.3, 0.4) is 0 Å². The maximum atomic E-state index is 11.7. The largest absolute Gasteiger partial charge is 0.464 e. The van der Waals surface area contributed by atoms with Crippen LogP contribution in [0.15, 0.2) is 30.3 Å². The first-order chi connectivity index (χ1) is 8.11. The smallest absolute Gasteiger partial charge is 0.327 e. The molecule has 1 heterocycles. The maximum Gasteiger partial charge on any atom is 0.327 e. The van der Waals surface area contributed by atoms with Gasteiger partial charge in [0.1, 0.15) is 12.6 Å². The molecule has 92 valence electrons. The number of carbonyl (C=O) groups is 1. The number of esters is 1. The summed E-state index contributed by atoms with van der Waals surface area (Å²) in [6.07, 6.45) is 0. The summed E-state index contributed by atoms with van der Waals surface area (Å²) in [5.74, 6) is -0.385. The highest BCUT2D eigenvalue weighted by atomic mass is 16.5. The van der Waals surface area contributed by atoms with Gasteiger partial charge in [0, 0.05) is 5.41 Å². The molecule has 17 heavy (non-hydrogen) atoms. The number of nitrogens with two attached hydrogens (primary N) is 1. The first-order valence-corrected chi connectivity index (χ1v) is 5.66. The van der Waals surface area contributed by atoms with Crippen molar-refractivity contribution < 1.29 is 14.3 Å². The summed E-state index contributed by atoms with van der Waals surface area (Å²) in [6.45, 7) is 3.67. The van der Waals surface area contributed by atoms with E-state index in [0.29, 0.717) is 19.8 Å². The van der Waals surface area contributed by atoms with E-state index in [4.69, 9.17) is 15.2 Å². The van der Waals surface area contributed by atoms with Crippen molar-refractivity contribution in [2.45, 2.75) is 13.0 Å². The Bertz CT molecular complexity index is 387. The zero-order valence-electron chi connectivity index (χ0n) is 9.89. The van der Waals surface area contributed by atoms with E-state index < -0.39 is 6.04 Å². The Morgan fingerprint density at radius 1 is 1.47 bits per heavy atom. The van der Waals surface area contributed by atoms with Gasteiger partial charge in [-0.1, -0.05) is 37.3 Å². The number of benzene rings is 1. The fraction of sp³-hybridized carbons (Fsp3) is 0.462. The van der Waals surface area contributed by atoms with Crippen molar-refractivity contribution in [1.82, 2.24) is 0 Å². The predicted molar refractivity (Wildman–Crippen MR) is 63.3 cm³/mol. The van der Waals surface area contributed by atoms with Crippen LogP contribution in [0.1, 0.15) is 18.5 Å². The van der Waals surface area contributed by atoms with E-state index in [1.807, 2.05) is 37.3 Å². The third-order valence-electron chi connectivity index (χ3n) is 2.88. The third kappa shape index (κ3) is 2.84. The number of carbonyl (C=O) groups excluding carboxylic acids is 1. The average molecular weight is 235 g/mol. The van der Waals surface area contributed by atoms with Crippen LogP contribution < -0.4 is 5.73 Å². The van der Waals surface area contributed by atoms with Crippen molar-refractivity contribution in [2.24, 2.45) is 11.1 Å². The number of hydrogen-bond donors (Lipinski definition) is 1. The lowest BCUT2D eigenvalue weighted by Gasteiger charge is -2.37. The highest BCUT2D eigenvalue weighted by molar-refractivity contribution is 5.77. The Morgan fingerprint density at radius 2 is 2.12 bits per heavy atom. The lowest BCUT2D eigenvalue weighted by molar-refractivity contribution is -0.166. The van der Waals surface area contributed by atoms with Gasteiger partial charge in [-0.3, -0.25) is 0 Å². The molecule has 2 rings (SSSR count). The molecule has 1 aliphatic rings. The van der Waals surface area contributed by atoms with Crippen LogP contribution in [-0.2, 0) is 14.3 Å². The number of ether oxygens (including phenoxy) is 2. The summed E-state index contributed by atoms with van der Waals surface area (Å²) in [7, 11) is 0. The normalized spacial score (nSPS) is 19.2. The number of rotatable bonds is 4. The van der Waals surface area contributed by atoms with Crippen LogP contribution in [-0.4, -0.2) is 25.8 Å². The van der Waals surface area contributed by atoms with Gasteiger partial charge in [-0.2, -0.15) is 0 Å². The van der Waals surface area contributed by atoms with E-state index in [1.165, 1.54) is 0 Å². The van der Waals surface area contributed by atoms with Gasteiger partial charge >= 0.3 is 5.97 Å². The van der Waals surface area contributed by atoms with Gasteiger partial charge < -0.3 is 15.2 Å². The predicted octanol–water partition coefficient (Wildman–Crippen LogP) is 1.27. The summed E-state index contributed by atoms with van der Waals surface area (Å²) >= 11 is 0. The minimum Gasteiger partial charge on any atom is -0.464 e. The SMILES string of the molecule is CC1(COC(=O)[C@H](N)c2ccccc2)COC1. The van der Waals surface area contributed by atoms with E-state index in [2.05, 4.69) is 0 Å². The quantitative estimate of drug-likeness (QED) is 0.798. The Kier molecular flexibility index (Phi) is 3.45. The molecule has 4 heteroatoms. The van der Waals surface area contributed by atoms with Crippen molar-refractivity contribution >= 4 is 5.97 Å². The second kappa shape index (κ2) is 4.85. The van der Waals surface area contributed by atoms with Crippen LogP contribution >= 0.6 is 0 Å². The highest BCUT2D eigenvalue weighted by Crippen LogP contribution is 2.27. The molecule has 4 nitrogen and oxygen atoms in total. The molecule has 1 aromatic rings. The van der Waals surface area contributed by atoms with Crippen molar-refractivity contribution in [3.05, 3.63) is 35.9 Å². The molecule has 0 amide bonds. The first kappa shape index (κ1) is 12.1. The molecule has 0 bridgehead atoms. The molecule has 0 radical (unpaired) electrons. The maximum absolute atomic E-state index is 11.7. The molecule has 0 aliphatic carbocycles. The van der Waals surface area contributed by atoms with Gasteiger partial charge in [0.2, 0.25) is 0 Å². The van der Waals surface area contributed by atoms with E-state index in [-0.39, 0.29) is 11.4 Å². The molecule has 1 aliphatic heterocycles. The molecule has 2 N–H and O–H groups in total. The molecule has 1 aromatic carbocycles. The molecular formula is C13H17NO3. The van der Waals surface area contributed by atoms with Crippen molar-refractivity contribution in [3.63, 3.8) is 0 Å². The van der Waals surface area contributed by atoms with Crippen LogP contribution in [0.5, 0.6) is 0 Å². The highest BCUT2D eigenvalue weighted by Gasteiger charge is 2.35. The monoisotopic (exact) mass is 235 g/mol. The Balaban J connectivity index is 1.87. The zero-order valence-corrected chi connectivity index (χ0v) is 9.89. The van der Waals surface area contributed by atoms with Crippen LogP contribution in [0.25, 0.3) is 0 Å². The lowest BCUT2D eigenvalue weighted by Crippen LogP contribution is -2.44. The molecule has 0 aromatic heterocycles. The van der Waals surface area contributed by atoms with E-state index in [1.54, 1.807) is 0 Å². The lowest BCUT2D eigenvalue weighted by atomic mass is 9.90. The molecule has 1 atom stereocenters. The van der Waals surface area contributed by atoms with Crippen molar-refractivity contribution in [3.8, 4) is 0 Å². The first-order valence-electron chi connectivity index (χ1n) is 5.66. The minimum absolute atomic E-state index is 0.0356. The summed E-state index contributed by atoms with van der Waals surface area (Å²) in [5, 5.41) is 0. The Hall–Kier alpha value is -1.39. The minimum atomic E-state index is -0.708.